The Bertz CT molecular complexity index is 1320. The SMILES string of the molecule is C=CCn1c(COc2cc(Cl)ccc2Cl)nnc1SCC(=O)Nc1sc2c(c1C(=O)OC)CCC(C)C2. The molecular formula is C25H26Cl2N4O4S2. The number of thiophene rings is 1. The van der Waals surface area contributed by atoms with E-state index in [2.05, 4.69) is 29.0 Å². The number of aromatic nitrogens is 3. The van der Waals surface area contributed by atoms with Crippen LogP contribution in [0.1, 0.15) is 40.0 Å². The predicted molar refractivity (Wildman–Crippen MR) is 147 cm³/mol. The number of benzene rings is 1. The van der Waals surface area contributed by atoms with E-state index < -0.39 is 5.97 Å². The Morgan fingerprint density at radius 2 is 2.16 bits per heavy atom. The molecule has 1 aliphatic carbocycles. The van der Waals surface area contributed by atoms with Gasteiger partial charge in [-0.2, -0.15) is 0 Å². The molecule has 1 unspecified atom stereocenters. The van der Waals surface area contributed by atoms with Crippen molar-refractivity contribution in [1.82, 2.24) is 14.8 Å². The zero-order chi connectivity index (χ0) is 26.5. The summed E-state index contributed by atoms with van der Waals surface area (Å²) in [4.78, 5) is 26.5. The Morgan fingerprint density at radius 3 is 2.92 bits per heavy atom. The number of methoxy groups -OCH3 is 1. The number of fused-ring (bicyclic) bond motifs is 1. The van der Waals surface area contributed by atoms with E-state index in [1.165, 1.54) is 30.2 Å². The number of nitrogens with one attached hydrogen (secondary N) is 1. The van der Waals surface area contributed by atoms with E-state index in [1.807, 2.05) is 4.57 Å². The highest BCUT2D eigenvalue weighted by Crippen LogP contribution is 2.40. The van der Waals surface area contributed by atoms with Crippen molar-refractivity contribution in [3.63, 3.8) is 0 Å². The molecule has 1 aliphatic rings. The third-order valence-electron chi connectivity index (χ3n) is 5.84. The lowest BCUT2D eigenvalue weighted by molar-refractivity contribution is -0.113. The molecule has 2 aromatic heterocycles. The molecule has 0 saturated carbocycles. The van der Waals surface area contributed by atoms with Crippen LogP contribution in [0.2, 0.25) is 10.0 Å². The first kappa shape index (κ1) is 27.5. The summed E-state index contributed by atoms with van der Waals surface area (Å²) in [7, 11) is 1.35. The maximum absolute atomic E-state index is 12.9. The fraction of sp³-hybridized carbons (Fsp3) is 0.360. The molecule has 0 fully saturated rings. The minimum atomic E-state index is -0.426. The molecule has 196 valence electrons. The van der Waals surface area contributed by atoms with Crippen LogP contribution in [0, 0.1) is 5.92 Å². The van der Waals surface area contributed by atoms with Crippen molar-refractivity contribution in [2.24, 2.45) is 5.92 Å². The smallest absolute Gasteiger partial charge is 0.341 e. The molecule has 0 saturated heterocycles. The van der Waals surface area contributed by atoms with E-state index in [9.17, 15) is 9.59 Å². The first-order valence-corrected chi connectivity index (χ1v) is 14.1. The van der Waals surface area contributed by atoms with Crippen LogP contribution in [0.5, 0.6) is 5.75 Å². The molecule has 4 rings (SSSR count). The summed E-state index contributed by atoms with van der Waals surface area (Å²) >= 11 is 14.9. The van der Waals surface area contributed by atoms with Crippen LogP contribution in [0.15, 0.2) is 36.0 Å². The van der Waals surface area contributed by atoms with Gasteiger partial charge < -0.3 is 14.8 Å². The first-order valence-electron chi connectivity index (χ1n) is 11.6. The second-order valence-electron chi connectivity index (χ2n) is 8.55. The second kappa shape index (κ2) is 12.3. The Kier molecular flexibility index (Phi) is 9.17. The van der Waals surface area contributed by atoms with E-state index in [0.717, 1.165) is 29.7 Å². The molecule has 2 heterocycles. The number of anilines is 1. The molecule has 8 nitrogen and oxygen atoms in total. The predicted octanol–water partition coefficient (Wildman–Crippen LogP) is 6.05. The van der Waals surface area contributed by atoms with Crippen LogP contribution < -0.4 is 10.1 Å². The number of amides is 1. The second-order valence-corrected chi connectivity index (χ2v) is 11.4. The van der Waals surface area contributed by atoms with Gasteiger partial charge >= 0.3 is 5.97 Å². The van der Waals surface area contributed by atoms with Crippen LogP contribution in [-0.2, 0) is 35.5 Å². The van der Waals surface area contributed by atoms with E-state index in [4.69, 9.17) is 32.7 Å². The number of hydrogen-bond donors (Lipinski definition) is 1. The number of carbonyl (C=O) groups excluding carboxylic acids is 2. The molecule has 12 heteroatoms. The lowest BCUT2D eigenvalue weighted by atomic mass is 9.88. The number of esters is 1. The fourth-order valence-electron chi connectivity index (χ4n) is 4.02. The van der Waals surface area contributed by atoms with Gasteiger partial charge in [-0.3, -0.25) is 9.36 Å². The maximum Gasteiger partial charge on any atom is 0.341 e. The highest BCUT2D eigenvalue weighted by atomic mass is 35.5. The van der Waals surface area contributed by atoms with Crippen LogP contribution >= 0.6 is 46.3 Å². The molecule has 1 amide bonds. The minimum absolute atomic E-state index is 0.0792. The van der Waals surface area contributed by atoms with Gasteiger partial charge in [0.05, 0.1) is 23.4 Å². The Hall–Kier alpha value is -2.53. The number of thioether (sulfide) groups is 1. The fourth-order valence-corrected chi connectivity index (χ4v) is 6.54. The van der Waals surface area contributed by atoms with Crippen molar-refractivity contribution < 1.29 is 19.1 Å². The largest absolute Gasteiger partial charge is 0.484 e. The van der Waals surface area contributed by atoms with Gasteiger partial charge in [0, 0.05) is 22.5 Å². The zero-order valence-corrected chi connectivity index (χ0v) is 23.5. The van der Waals surface area contributed by atoms with Crippen LogP contribution in [0.3, 0.4) is 0 Å². The van der Waals surface area contributed by atoms with Gasteiger partial charge in [0.15, 0.2) is 11.0 Å². The summed E-state index contributed by atoms with van der Waals surface area (Å²) < 4.78 is 12.6. The van der Waals surface area contributed by atoms with Crippen LogP contribution in [0.25, 0.3) is 0 Å². The normalized spacial score (nSPS) is 14.6. The molecule has 3 aromatic rings. The molecule has 1 N–H and O–H groups in total. The summed E-state index contributed by atoms with van der Waals surface area (Å²) in [6.45, 7) is 6.53. The number of rotatable bonds is 10. The molecular weight excluding hydrogens is 555 g/mol. The van der Waals surface area contributed by atoms with E-state index >= 15 is 0 Å². The summed E-state index contributed by atoms with van der Waals surface area (Å²) in [5.74, 6) is 0.927. The summed E-state index contributed by atoms with van der Waals surface area (Å²) in [5.41, 5.74) is 1.47. The lowest BCUT2D eigenvalue weighted by Crippen LogP contribution is -2.17. The molecule has 0 radical (unpaired) electrons. The molecule has 1 aromatic carbocycles. The van der Waals surface area contributed by atoms with Crippen LogP contribution in [0.4, 0.5) is 5.00 Å². The number of hydrogen-bond acceptors (Lipinski definition) is 8. The Labute approximate surface area is 233 Å². The van der Waals surface area contributed by atoms with E-state index in [-0.39, 0.29) is 18.3 Å². The maximum atomic E-state index is 12.9. The number of allylic oxidation sites excluding steroid dienone is 1. The molecule has 0 spiro atoms. The summed E-state index contributed by atoms with van der Waals surface area (Å²) in [6, 6.07) is 4.96. The van der Waals surface area contributed by atoms with Crippen molar-refractivity contribution in [2.75, 3.05) is 18.2 Å². The van der Waals surface area contributed by atoms with Crippen LogP contribution in [-0.4, -0.2) is 39.5 Å². The van der Waals surface area contributed by atoms with Gasteiger partial charge in [-0.25, -0.2) is 4.79 Å². The Morgan fingerprint density at radius 1 is 1.35 bits per heavy atom. The molecule has 1 atom stereocenters. The highest BCUT2D eigenvalue weighted by molar-refractivity contribution is 7.99. The zero-order valence-electron chi connectivity index (χ0n) is 20.4. The van der Waals surface area contributed by atoms with Crippen molar-refractivity contribution in [3.8, 4) is 5.75 Å². The number of carbonyl (C=O) groups is 2. The van der Waals surface area contributed by atoms with Crippen molar-refractivity contribution in [3.05, 3.63) is 62.7 Å². The highest BCUT2D eigenvalue weighted by Gasteiger charge is 2.29. The van der Waals surface area contributed by atoms with Gasteiger partial charge in [-0.15, -0.1) is 28.1 Å². The summed E-state index contributed by atoms with van der Waals surface area (Å²) in [6.07, 6.45) is 4.41. The van der Waals surface area contributed by atoms with Gasteiger partial charge in [-0.1, -0.05) is 48.0 Å². The van der Waals surface area contributed by atoms with Crippen molar-refractivity contribution in [1.29, 1.82) is 0 Å². The summed E-state index contributed by atoms with van der Waals surface area (Å²) in [5, 5.41) is 13.4. The lowest BCUT2D eigenvalue weighted by Gasteiger charge is -2.18. The number of ether oxygens (including phenoxy) is 2. The van der Waals surface area contributed by atoms with E-state index in [1.54, 1.807) is 24.3 Å². The third-order valence-corrected chi connectivity index (χ3v) is 8.53. The third kappa shape index (κ3) is 6.49. The number of nitrogens with zero attached hydrogens (tertiary/aromatic N) is 3. The van der Waals surface area contributed by atoms with E-state index in [0.29, 0.717) is 49.8 Å². The average Bonchev–Trinajstić information content (AvgIpc) is 3.42. The topological polar surface area (TPSA) is 95.3 Å². The van der Waals surface area contributed by atoms with Gasteiger partial charge in [0.1, 0.15) is 17.4 Å². The van der Waals surface area contributed by atoms with Crippen molar-refractivity contribution >= 4 is 63.2 Å². The first-order chi connectivity index (χ1) is 17.8. The Balaban J connectivity index is 1.44. The average molecular weight is 582 g/mol. The number of halogens is 2. The minimum Gasteiger partial charge on any atom is -0.484 e. The van der Waals surface area contributed by atoms with Crippen molar-refractivity contribution in [2.45, 2.75) is 44.5 Å². The molecule has 37 heavy (non-hydrogen) atoms. The molecule has 0 aliphatic heterocycles. The quantitative estimate of drug-likeness (QED) is 0.177. The molecule has 0 bridgehead atoms. The monoisotopic (exact) mass is 580 g/mol. The van der Waals surface area contributed by atoms with Gasteiger partial charge in [0.25, 0.3) is 0 Å². The van der Waals surface area contributed by atoms with Gasteiger partial charge in [-0.05, 0) is 42.9 Å². The standard InChI is InChI=1S/C25H26Cl2N4O4S2/c1-4-9-31-20(12-35-18-11-15(26)6-8-17(18)27)29-30-25(31)36-13-21(32)28-23-22(24(33)34-3)16-7-5-14(2)10-19(16)37-23/h4,6,8,11,14H,1,5,7,9-10,12-13H2,2-3H3,(H,28,32). The van der Waals surface area contributed by atoms with Gasteiger partial charge in [0.2, 0.25) is 5.91 Å².